The van der Waals surface area contributed by atoms with Crippen LogP contribution < -0.4 is 5.32 Å². The van der Waals surface area contributed by atoms with E-state index in [9.17, 15) is 9.59 Å². The lowest BCUT2D eigenvalue weighted by Gasteiger charge is -2.15. The molecule has 1 unspecified atom stereocenters. The summed E-state index contributed by atoms with van der Waals surface area (Å²) in [6, 6.07) is 2.21. The Labute approximate surface area is 116 Å². The maximum atomic E-state index is 12.0. The molecule has 1 rings (SSSR count). The van der Waals surface area contributed by atoms with E-state index in [1.54, 1.807) is 12.1 Å². The van der Waals surface area contributed by atoms with Crippen LogP contribution in [-0.2, 0) is 9.53 Å². The molecule has 0 aromatic heterocycles. The second-order valence-electron chi connectivity index (χ2n) is 4.24. The molecule has 1 atom stereocenters. The Morgan fingerprint density at radius 2 is 1.95 bits per heavy atom. The van der Waals surface area contributed by atoms with Gasteiger partial charge in [-0.25, -0.2) is 4.79 Å². The highest BCUT2D eigenvalue weighted by Gasteiger charge is 2.22. The fourth-order valence-electron chi connectivity index (χ4n) is 1.53. The van der Waals surface area contributed by atoms with Crippen molar-refractivity contribution in [2.75, 3.05) is 13.7 Å². The molecule has 1 aromatic rings. The number of rotatable bonds is 5. The number of halogens is 1. The molecule has 0 radical (unpaired) electrons. The van der Waals surface area contributed by atoms with Gasteiger partial charge in [-0.05, 0) is 37.1 Å². The first-order valence-corrected chi connectivity index (χ1v) is 6.04. The van der Waals surface area contributed by atoms with Crippen molar-refractivity contribution in [2.45, 2.75) is 19.9 Å². The van der Waals surface area contributed by atoms with E-state index < -0.39 is 17.9 Å². The monoisotopic (exact) mass is 285 g/mol. The number of amides is 1. The molecule has 0 saturated heterocycles. The number of methoxy groups -OCH3 is 1. The number of hydrogen-bond donors (Lipinski definition) is 2. The molecule has 2 N–H and O–H groups in total. The van der Waals surface area contributed by atoms with Crippen molar-refractivity contribution in [1.29, 1.82) is 0 Å². The van der Waals surface area contributed by atoms with Crippen LogP contribution in [0.15, 0.2) is 12.1 Å². The first-order valence-electron chi connectivity index (χ1n) is 5.66. The topological polar surface area (TPSA) is 75.6 Å². The molecule has 0 fully saturated rings. The van der Waals surface area contributed by atoms with Crippen LogP contribution in [0.25, 0.3) is 0 Å². The third-order valence-corrected chi connectivity index (χ3v) is 3.08. The van der Waals surface area contributed by atoms with Crippen molar-refractivity contribution < 1.29 is 19.4 Å². The maximum Gasteiger partial charge on any atom is 0.328 e. The highest BCUT2D eigenvalue weighted by Crippen LogP contribution is 2.20. The number of carbonyl (C=O) groups excluding carboxylic acids is 1. The Balaban J connectivity index is 2.94. The van der Waals surface area contributed by atoms with Crippen LogP contribution in [0.3, 0.4) is 0 Å². The van der Waals surface area contributed by atoms with Gasteiger partial charge in [0.1, 0.15) is 0 Å². The summed E-state index contributed by atoms with van der Waals surface area (Å²) < 4.78 is 4.75. The van der Waals surface area contributed by atoms with Gasteiger partial charge in [0.15, 0.2) is 6.04 Å². The first-order chi connectivity index (χ1) is 8.86. The van der Waals surface area contributed by atoms with E-state index in [2.05, 4.69) is 5.32 Å². The first kappa shape index (κ1) is 15.5. The van der Waals surface area contributed by atoms with Gasteiger partial charge < -0.3 is 15.2 Å². The van der Waals surface area contributed by atoms with E-state index in [0.29, 0.717) is 5.02 Å². The number of hydrogen-bond acceptors (Lipinski definition) is 3. The summed E-state index contributed by atoms with van der Waals surface area (Å²) in [7, 11) is 1.37. The lowest BCUT2D eigenvalue weighted by atomic mass is 10.1. The average Bonchev–Trinajstić information content (AvgIpc) is 2.32. The van der Waals surface area contributed by atoms with Crippen LogP contribution in [0, 0.1) is 13.8 Å². The van der Waals surface area contributed by atoms with Crippen LogP contribution in [-0.4, -0.2) is 36.7 Å². The largest absolute Gasteiger partial charge is 0.480 e. The number of nitrogens with one attached hydrogen (secondary N) is 1. The minimum absolute atomic E-state index is 0.108. The van der Waals surface area contributed by atoms with Crippen LogP contribution in [0.4, 0.5) is 0 Å². The number of aryl methyl sites for hydroxylation is 2. The molecule has 0 aliphatic heterocycles. The lowest BCUT2D eigenvalue weighted by Crippen LogP contribution is -2.43. The zero-order valence-corrected chi connectivity index (χ0v) is 11.7. The van der Waals surface area contributed by atoms with E-state index in [1.807, 2.05) is 13.8 Å². The molecule has 6 heteroatoms. The summed E-state index contributed by atoms with van der Waals surface area (Å²) >= 11 is 6.00. The number of carboxylic acids is 1. The molecule has 0 aliphatic carbocycles. The van der Waals surface area contributed by atoms with E-state index in [-0.39, 0.29) is 12.2 Å². The van der Waals surface area contributed by atoms with Crippen LogP contribution in [0.2, 0.25) is 5.02 Å². The molecule has 0 aliphatic rings. The van der Waals surface area contributed by atoms with E-state index in [1.165, 1.54) is 7.11 Å². The highest BCUT2D eigenvalue weighted by atomic mass is 35.5. The number of carbonyl (C=O) groups is 2. The van der Waals surface area contributed by atoms with Gasteiger partial charge in [-0.3, -0.25) is 4.79 Å². The van der Waals surface area contributed by atoms with E-state index in [0.717, 1.165) is 11.1 Å². The predicted molar refractivity (Wildman–Crippen MR) is 71.7 cm³/mol. The SMILES string of the molecule is COCC(NC(=O)c1cc(C)c(C)cc1Cl)C(=O)O. The molecule has 0 heterocycles. The molecule has 5 nitrogen and oxygen atoms in total. The Bertz CT molecular complexity index is 502. The van der Waals surface area contributed by atoms with Crippen LogP contribution in [0.1, 0.15) is 21.5 Å². The molecular weight excluding hydrogens is 270 g/mol. The average molecular weight is 286 g/mol. The Morgan fingerprint density at radius 3 is 2.47 bits per heavy atom. The summed E-state index contributed by atoms with van der Waals surface area (Å²) in [6.07, 6.45) is 0. The Morgan fingerprint density at radius 1 is 1.37 bits per heavy atom. The number of ether oxygens (including phenoxy) is 1. The minimum Gasteiger partial charge on any atom is -0.480 e. The van der Waals surface area contributed by atoms with Crippen molar-refractivity contribution in [3.05, 3.63) is 33.8 Å². The van der Waals surface area contributed by atoms with Gasteiger partial charge in [-0.2, -0.15) is 0 Å². The van der Waals surface area contributed by atoms with E-state index in [4.69, 9.17) is 21.4 Å². The number of benzene rings is 1. The standard InChI is InChI=1S/C13H16ClNO4/c1-7-4-9(10(14)5-8(7)2)12(16)15-11(6-19-3)13(17)18/h4-5,11H,6H2,1-3H3,(H,15,16)(H,17,18). The quantitative estimate of drug-likeness (QED) is 0.865. The van der Waals surface area contributed by atoms with Crippen LogP contribution >= 0.6 is 11.6 Å². The van der Waals surface area contributed by atoms with Gasteiger partial charge in [-0.15, -0.1) is 0 Å². The molecule has 19 heavy (non-hydrogen) atoms. The molecule has 1 aromatic carbocycles. The minimum atomic E-state index is -1.16. The summed E-state index contributed by atoms with van der Waals surface area (Å²) in [6.45, 7) is 3.63. The molecule has 0 bridgehead atoms. The molecule has 104 valence electrons. The van der Waals surface area contributed by atoms with Gasteiger partial charge in [0.25, 0.3) is 5.91 Å². The zero-order chi connectivity index (χ0) is 14.6. The second-order valence-corrected chi connectivity index (χ2v) is 4.64. The summed E-state index contributed by atoms with van der Waals surface area (Å²) in [5.41, 5.74) is 2.13. The van der Waals surface area contributed by atoms with E-state index >= 15 is 0 Å². The number of carboxylic acid groups (broad SMARTS) is 1. The second kappa shape index (κ2) is 6.54. The highest BCUT2D eigenvalue weighted by molar-refractivity contribution is 6.34. The van der Waals surface area contributed by atoms with Gasteiger partial charge in [0, 0.05) is 7.11 Å². The summed E-state index contributed by atoms with van der Waals surface area (Å²) in [4.78, 5) is 22.9. The third kappa shape index (κ3) is 3.94. The Kier molecular flexibility index (Phi) is 5.32. The van der Waals surface area contributed by atoms with Crippen molar-refractivity contribution in [3.8, 4) is 0 Å². The van der Waals surface area contributed by atoms with Gasteiger partial charge >= 0.3 is 5.97 Å². The zero-order valence-electron chi connectivity index (χ0n) is 11.0. The molecule has 0 spiro atoms. The fourth-order valence-corrected chi connectivity index (χ4v) is 1.84. The fraction of sp³-hybridized carbons (Fsp3) is 0.385. The molecule has 0 saturated carbocycles. The maximum absolute atomic E-state index is 12.0. The van der Waals surface area contributed by atoms with Crippen molar-refractivity contribution in [2.24, 2.45) is 0 Å². The van der Waals surface area contributed by atoms with Crippen LogP contribution in [0.5, 0.6) is 0 Å². The smallest absolute Gasteiger partial charge is 0.328 e. The van der Waals surface area contributed by atoms with Gasteiger partial charge in [0.2, 0.25) is 0 Å². The van der Waals surface area contributed by atoms with Gasteiger partial charge in [-0.1, -0.05) is 11.6 Å². The molecule has 1 amide bonds. The molecular formula is C13H16ClNO4. The normalized spacial score (nSPS) is 12.0. The summed E-state index contributed by atoms with van der Waals surface area (Å²) in [5.74, 6) is -1.69. The van der Waals surface area contributed by atoms with Crippen molar-refractivity contribution in [3.63, 3.8) is 0 Å². The Hall–Kier alpha value is -1.59. The van der Waals surface area contributed by atoms with Gasteiger partial charge in [0.05, 0.1) is 17.2 Å². The predicted octanol–water partition coefficient (Wildman–Crippen LogP) is 1.79. The lowest BCUT2D eigenvalue weighted by molar-refractivity contribution is -0.140. The summed E-state index contributed by atoms with van der Waals surface area (Å²) in [5, 5.41) is 11.6. The van der Waals surface area contributed by atoms with Crippen molar-refractivity contribution >= 4 is 23.5 Å². The van der Waals surface area contributed by atoms with Crippen molar-refractivity contribution in [1.82, 2.24) is 5.32 Å². The third-order valence-electron chi connectivity index (χ3n) is 2.76. The number of aliphatic carboxylic acids is 1.